The molecule has 0 bridgehead atoms. The summed E-state index contributed by atoms with van der Waals surface area (Å²) in [7, 11) is 1.58. The van der Waals surface area contributed by atoms with Crippen LogP contribution in [0.2, 0.25) is 0 Å². The Morgan fingerprint density at radius 3 is 2.38 bits per heavy atom. The molecule has 0 saturated heterocycles. The number of likely N-dealkylation sites (N-methyl/N-ethyl adjacent to an activating group) is 1. The molecule has 11 nitrogen and oxygen atoms in total. The van der Waals surface area contributed by atoms with Gasteiger partial charge >= 0.3 is 11.9 Å². The average molecular weight is 545 g/mol. The normalized spacial score (nSPS) is 14.9. The molecule has 206 valence electrons. The molecule has 1 aliphatic heterocycles. The third-order valence-electron chi connectivity index (χ3n) is 6.15. The van der Waals surface area contributed by atoms with Crippen LogP contribution in [0.25, 0.3) is 0 Å². The second kappa shape index (κ2) is 12.2. The Morgan fingerprint density at radius 2 is 1.73 bits per heavy atom. The van der Waals surface area contributed by atoms with E-state index in [2.05, 4.69) is 10.1 Å². The first-order chi connectivity index (χ1) is 19.1. The fourth-order valence-corrected chi connectivity index (χ4v) is 4.07. The fraction of sp³-hybridized carbons (Fsp3) is 0.207. The number of carbonyl (C=O) groups excluding carboxylic acids is 4. The van der Waals surface area contributed by atoms with E-state index < -0.39 is 36.1 Å². The number of benzene rings is 3. The van der Waals surface area contributed by atoms with Gasteiger partial charge in [0.05, 0.1) is 24.8 Å². The second-order valence-electron chi connectivity index (χ2n) is 9.06. The molecular formula is C29H28N4O7. The van der Waals surface area contributed by atoms with E-state index in [9.17, 15) is 19.2 Å². The molecule has 0 aromatic heterocycles. The van der Waals surface area contributed by atoms with E-state index in [4.69, 9.17) is 20.6 Å². The van der Waals surface area contributed by atoms with Crippen LogP contribution in [0.5, 0.6) is 5.75 Å². The standard InChI is InChI=1S/C29H28N4O7/c1-17(34)39-25(35)15-22(19-6-4-3-5-7-19)32-27(36)21-12-13-23-24(14-21)40-29(28(37)33(23)2)38-16-18-8-10-20(11-9-18)26(30)31/h3-14,22,29H,15-16H2,1-2H3,(H3,30,31)(H,32,36)/t22-,29?/m0/s1. The number of ether oxygens (including phenoxy) is 3. The Bertz CT molecular complexity index is 1440. The number of nitrogen functional groups attached to an aromatic ring is 1. The quantitative estimate of drug-likeness (QED) is 0.160. The number of hydrogen-bond acceptors (Lipinski definition) is 8. The molecular weight excluding hydrogens is 516 g/mol. The van der Waals surface area contributed by atoms with Crippen LogP contribution in [0.15, 0.2) is 72.8 Å². The van der Waals surface area contributed by atoms with Crippen LogP contribution >= 0.6 is 0 Å². The van der Waals surface area contributed by atoms with Crippen molar-refractivity contribution < 1.29 is 33.4 Å². The number of amides is 2. The zero-order valence-corrected chi connectivity index (χ0v) is 21.9. The predicted octanol–water partition coefficient (Wildman–Crippen LogP) is 2.82. The van der Waals surface area contributed by atoms with Gasteiger partial charge in [0.1, 0.15) is 11.6 Å². The highest BCUT2D eigenvalue weighted by Gasteiger charge is 2.34. The van der Waals surface area contributed by atoms with Crippen molar-refractivity contribution in [1.29, 1.82) is 5.41 Å². The smallest absolute Gasteiger partial charge is 0.315 e. The van der Waals surface area contributed by atoms with Crippen LogP contribution in [0.1, 0.15) is 46.4 Å². The first-order valence-corrected chi connectivity index (χ1v) is 12.3. The molecule has 0 radical (unpaired) electrons. The van der Waals surface area contributed by atoms with Crippen molar-refractivity contribution in [2.45, 2.75) is 32.3 Å². The third-order valence-corrected chi connectivity index (χ3v) is 6.15. The number of rotatable bonds is 9. The van der Waals surface area contributed by atoms with E-state index in [1.807, 2.05) is 0 Å². The van der Waals surface area contributed by atoms with Crippen molar-refractivity contribution in [3.63, 3.8) is 0 Å². The molecule has 0 fully saturated rings. The molecule has 0 aliphatic carbocycles. The maximum atomic E-state index is 13.2. The van der Waals surface area contributed by atoms with Crippen LogP contribution in [0.4, 0.5) is 5.69 Å². The molecule has 1 aliphatic rings. The highest BCUT2D eigenvalue weighted by atomic mass is 16.7. The van der Waals surface area contributed by atoms with Crippen LogP contribution in [-0.2, 0) is 30.5 Å². The van der Waals surface area contributed by atoms with Crippen molar-refractivity contribution in [1.82, 2.24) is 5.32 Å². The first-order valence-electron chi connectivity index (χ1n) is 12.3. The van der Waals surface area contributed by atoms with Crippen LogP contribution in [0.3, 0.4) is 0 Å². The number of nitrogens with zero attached hydrogens (tertiary/aromatic N) is 1. The second-order valence-corrected chi connectivity index (χ2v) is 9.06. The summed E-state index contributed by atoms with van der Waals surface area (Å²) in [4.78, 5) is 50.8. The molecule has 1 unspecified atom stereocenters. The van der Waals surface area contributed by atoms with Crippen molar-refractivity contribution in [2.75, 3.05) is 11.9 Å². The maximum absolute atomic E-state index is 13.2. The minimum absolute atomic E-state index is 0.0533. The van der Waals surface area contributed by atoms with Gasteiger partial charge in [0.25, 0.3) is 18.1 Å². The van der Waals surface area contributed by atoms with E-state index >= 15 is 0 Å². The number of esters is 2. The molecule has 4 rings (SSSR count). The van der Waals surface area contributed by atoms with Crippen molar-refractivity contribution in [2.24, 2.45) is 5.73 Å². The molecule has 3 aromatic carbocycles. The number of carbonyl (C=O) groups is 4. The topological polar surface area (TPSA) is 161 Å². The lowest BCUT2D eigenvalue weighted by Crippen LogP contribution is -2.45. The van der Waals surface area contributed by atoms with Gasteiger partial charge in [-0.2, -0.15) is 0 Å². The lowest BCUT2D eigenvalue weighted by molar-refractivity contribution is -0.158. The predicted molar refractivity (Wildman–Crippen MR) is 145 cm³/mol. The fourth-order valence-electron chi connectivity index (χ4n) is 4.07. The number of nitrogens with two attached hydrogens (primary N) is 1. The molecule has 0 spiro atoms. The summed E-state index contributed by atoms with van der Waals surface area (Å²) < 4.78 is 16.2. The Hall–Kier alpha value is -5.03. The highest BCUT2D eigenvalue weighted by Crippen LogP contribution is 2.35. The van der Waals surface area contributed by atoms with Gasteiger partial charge in [-0.1, -0.05) is 54.6 Å². The summed E-state index contributed by atoms with van der Waals surface area (Å²) >= 11 is 0. The van der Waals surface area contributed by atoms with Gasteiger partial charge in [-0.25, -0.2) is 0 Å². The molecule has 1 heterocycles. The lowest BCUT2D eigenvalue weighted by Gasteiger charge is -2.32. The molecule has 3 aromatic rings. The molecule has 2 amide bonds. The van der Waals surface area contributed by atoms with Gasteiger partial charge in [0.15, 0.2) is 0 Å². The van der Waals surface area contributed by atoms with E-state index in [0.29, 0.717) is 16.8 Å². The van der Waals surface area contributed by atoms with Gasteiger partial charge in [-0.05, 0) is 29.3 Å². The van der Waals surface area contributed by atoms with Crippen LogP contribution < -0.4 is 20.7 Å². The van der Waals surface area contributed by atoms with E-state index in [0.717, 1.165) is 12.5 Å². The van der Waals surface area contributed by atoms with Gasteiger partial charge in [-0.15, -0.1) is 0 Å². The van der Waals surface area contributed by atoms with E-state index in [1.165, 1.54) is 17.0 Å². The van der Waals surface area contributed by atoms with Crippen molar-refractivity contribution in [3.8, 4) is 5.75 Å². The monoisotopic (exact) mass is 544 g/mol. The zero-order valence-electron chi connectivity index (χ0n) is 21.9. The Kier molecular flexibility index (Phi) is 8.55. The summed E-state index contributed by atoms with van der Waals surface area (Å²) in [5.41, 5.74) is 8.13. The first kappa shape index (κ1) is 28.0. The zero-order chi connectivity index (χ0) is 28.8. The molecule has 4 N–H and O–H groups in total. The third kappa shape index (κ3) is 6.69. The van der Waals surface area contributed by atoms with Gasteiger partial charge in [-0.3, -0.25) is 24.6 Å². The number of amidine groups is 1. The summed E-state index contributed by atoms with van der Waals surface area (Å²) in [5, 5.41) is 10.3. The van der Waals surface area contributed by atoms with Gasteiger partial charge in [0, 0.05) is 25.1 Å². The number of anilines is 1. The van der Waals surface area contributed by atoms with Crippen LogP contribution in [0, 0.1) is 5.41 Å². The Morgan fingerprint density at radius 1 is 1.05 bits per heavy atom. The van der Waals surface area contributed by atoms with E-state index in [-0.39, 0.29) is 30.2 Å². The number of hydrogen-bond donors (Lipinski definition) is 3. The van der Waals surface area contributed by atoms with E-state index in [1.54, 1.807) is 67.7 Å². The minimum Gasteiger partial charge on any atom is -0.453 e. The maximum Gasteiger partial charge on any atom is 0.315 e. The Balaban J connectivity index is 1.48. The SMILES string of the molecule is CC(=O)OC(=O)C[C@H](NC(=O)c1ccc2c(c1)OC(OCc1ccc(C(=N)N)cc1)C(=O)N2C)c1ccccc1. The number of fused-ring (bicyclic) bond motifs is 1. The van der Waals surface area contributed by atoms with Gasteiger partial charge < -0.3 is 30.2 Å². The lowest BCUT2D eigenvalue weighted by atomic mass is 10.0. The molecule has 0 saturated carbocycles. The molecule has 2 atom stereocenters. The molecule has 11 heteroatoms. The average Bonchev–Trinajstić information content (AvgIpc) is 2.93. The summed E-state index contributed by atoms with van der Waals surface area (Å²) in [6, 6.07) is 19.5. The van der Waals surface area contributed by atoms with Crippen molar-refractivity contribution >= 4 is 35.3 Å². The minimum atomic E-state index is -1.25. The van der Waals surface area contributed by atoms with Crippen LogP contribution in [-0.4, -0.2) is 42.9 Å². The largest absolute Gasteiger partial charge is 0.453 e. The Labute approximate surface area is 230 Å². The summed E-state index contributed by atoms with van der Waals surface area (Å²) in [6.07, 6.45) is -1.50. The number of nitrogens with one attached hydrogen (secondary N) is 2. The van der Waals surface area contributed by atoms with Gasteiger partial charge in [0.2, 0.25) is 0 Å². The highest BCUT2D eigenvalue weighted by molar-refractivity contribution is 6.01. The van der Waals surface area contributed by atoms with Crippen molar-refractivity contribution in [3.05, 3.63) is 95.1 Å². The summed E-state index contributed by atoms with van der Waals surface area (Å²) in [5.74, 6) is -2.22. The molecule has 40 heavy (non-hydrogen) atoms. The summed E-state index contributed by atoms with van der Waals surface area (Å²) in [6.45, 7) is 1.19.